The van der Waals surface area contributed by atoms with E-state index in [9.17, 15) is 13.2 Å². The molecule has 3 heterocycles. The van der Waals surface area contributed by atoms with Crippen molar-refractivity contribution in [3.8, 4) is 5.75 Å². The Bertz CT molecular complexity index is 1030. The van der Waals surface area contributed by atoms with Crippen LogP contribution in [0.2, 0.25) is 0 Å². The average molecular weight is 461 g/mol. The maximum Gasteiger partial charge on any atom is 0.253 e. The van der Waals surface area contributed by atoms with Crippen LogP contribution in [-0.4, -0.2) is 93.0 Å². The lowest BCUT2D eigenvalue weighted by Gasteiger charge is -2.35. The Morgan fingerprint density at radius 3 is 2.50 bits per heavy atom. The zero-order chi connectivity index (χ0) is 22.6. The number of pyridine rings is 1. The van der Waals surface area contributed by atoms with Crippen molar-refractivity contribution in [1.29, 1.82) is 0 Å². The van der Waals surface area contributed by atoms with Gasteiger partial charge in [0.2, 0.25) is 10.0 Å². The highest BCUT2D eigenvalue weighted by Gasteiger charge is 2.31. The van der Waals surface area contributed by atoms with E-state index in [4.69, 9.17) is 9.47 Å². The number of methoxy groups -OCH3 is 1. The zero-order valence-electron chi connectivity index (χ0n) is 18.1. The average Bonchev–Trinajstić information content (AvgIpc) is 2.85. The van der Waals surface area contributed by atoms with E-state index in [0.717, 1.165) is 25.2 Å². The lowest BCUT2D eigenvalue weighted by molar-refractivity contribution is 0.0628. The number of sulfonamides is 1. The van der Waals surface area contributed by atoms with Crippen LogP contribution in [0, 0.1) is 0 Å². The summed E-state index contributed by atoms with van der Waals surface area (Å²) >= 11 is 0. The predicted octanol–water partition coefficient (Wildman–Crippen LogP) is 1.07. The minimum atomic E-state index is -3.79. The molecule has 0 radical (unpaired) electrons. The van der Waals surface area contributed by atoms with Gasteiger partial charge in [-0.15, -0.1) is 0 Å². The molecule has 2 aliphatic heterocycles. The number of ether oxygens (including phenoxy) is 2. The summed E-state index contributed by atoms with van der Waals surface area (Å²) in [6.07, 6.45) is 3.60. The Balaban J connectivity index is 1.47. The molecule has 9 nitrogen and oxygen atoms in total. The van der Waals surface area contributed by atoms with Crippen molar-refractivity contribution in [3.05, 3.63) is 53.9 Å². The lowest BCUT2D eigenvalue weighted by Crippen LogP contribution is -2.48. The van der Waals surface area contributed by atoms with E-state index < -0.39 is 10.0 Å². The summed E-state index contributed by atoms with van der Waals surface area (Å²) in [6, 6.07) is 8.58. The minimum absolute atomic E-state index is 0.0166. The van der Waals surface area contributed by atoms with Crippen LogP contribution in [0.25, 0.3) is 0 Å². The number of carbonyl (C=O) groups excluding carboxylic acids is 1. The Morgan fingerprint density at radius 1 is 1.09 bits per heavy atom. The molecule has 2 fully saturated rings. The Hall–Kier alpha value is -2.53. The molecule has 1 aromatic carbocycles. The number of morpholine rings is 1. The van der Waals surface area contributed by atoms with Gasteiger partial charge in [0.1, 0.15) is 10.6 Å². The van der Waals surface area contributed by atoms with Gasteiger partial charge in [0, 0.05) is 63.8 Å². The number of amides is 1. The van der Waals surface area contributed by atoms with E-state index in [-0.39, 0.29) is 29.6 Å². The molecule has 0 unspecified atom stereocenters. The number of hydrogen-bond donors (Lipinski definition) is 0. The molecular weight excluding hydrogens is 432 g/mol. The summed E-state index contributed by atoms with van der Waals surface area (Å²) in [4.78, 5) is 21.4. The number of nitrogens with zero attached hydrogens (tertiary/aromatic N) is 4. The van der Waals surface area contributed by atoms with Gasteiger partial charge >= 0.3 is 0 Å². The molecule has 0 bridgehead atoms. The lowest BCUT2D eigenvalue weighted by atomic mass is 10.1. The maximum atomic E-state index is 13.2. The second kappa shape index (κ2) is 9.95. The number of hydrogen-bond acceptors (Lipinski definition) is 7. The molecule has 172 valence electrons. The SMILES string of the molecule is COc1ccc(C(=O)N2CCN(Cc3cccnc3)CC2)cc1S(=O)(=O)N1CCOCC1. The molecule has 0 saturated carbocycles. The molecule has 2 aromatic rings. The molecular formula is C22H28N4O5S. The van der Waals surface area contributed by atoms with Gasteiger partial charge < -0.3 is 14.4 Å². The molecule has 1 aromatic heterocycles. The van der Waals surface area contributed by atoms with Gasteiger partial charge in [0.25, 0.3) is 5.91 Å². The van der Waals surface area contributed by atoms with E-state index in [0.29, 0.717) is 31.9 Å². The van der Waals surface area contributed by atoms with Crippen molar-refractivity contribution in [2.75, 3.05) is 59.6 Å². The number of carbonyl (C=O) groups is 1. The standard InChI is InChI=1S/C22H28N4O5S/c1-30-20-5-4-19(15-21(20)32(28,29)26-11-13-31-14-12-26)22(27)25-9-7-24(8-10-25)17-18-3-2-6-23-16-18/h2-6,15-16H,7-14,17H2,1H3. The molecule has 0 atom stereocenters. The Morgan fingerprint density at radius 2 is 1.84 bits per heavy atom. The van der Waals surface area contributed by atoms with E-state index in [1.54, 1.807) is 23.2 Å². The second-order valence-electron chi connectivity index (χ2n) is 7.81. The summed E-state index contributed by atoms with van der Waals surface area (Å²) in [5.41, 5.74) is 1.48. The first-order valence-corrected chi connectivity index (χ1v) is 12.1. The summed E-state index contributed by atoms with van der Waals surface area (Å²) in [6.45, 7) is 4.71. The van der Waals surface area contributed by atoms with Crippen LogP contribution >= 0.6 is 0 Å². The van der Waals surface area contributed by atoms with Crippen LogP contribution in [0.15, 0.2) is 47.6 Å². The fraction of sp³-hybridized carbons (Fsp3) is 0.455. The number of benzene rings is 1. The van der Waals surface area contributed by atoms with E-state index in [1.165, 1.54) is 17.5 Å². The van der Waals surface area contributed by atoms with Gasteiger partial charge in [-0.1, -0.05) is 6.07 Å². The zero-order valence-corrected chi connectivity index (χ0v) is 19.0. The molecule has 10 heteroatoms. The number of aromatic nitrogens is 1. The molecule has 32 heavy (non-hydrogen) atoms. The topological polar surface area (TPSA) is 92.3 Å². The molecule has 1 amide bonds. The predicted molar refractivity (Wildman–Crippen MR) is 118 cm³/mol. The monoisotopic (exact) mass is 460 g/mol. The first-order valence-electron chi connectivity index (χ1n) is 10.7. The van der Waals surface area contributed by atoms with Gasteiger partial charge in [-0.05, 0) is 29.8 Å². The van der Waals surface area contributed by atoms with Crippen molar-refractivity contribution in [3.63, 3.8) is 0 Å². The third-order valence-corrected chi connectivity index (χ3v) is 7.71. The first kappa shape index (κ1) is 22.7. The largest absolute Gasteiger partial charge is 0.495 e. The normalized spacial score (nSPS) is 18.5. The molecule has 4 rings (SSSR count). The fourth-order valence-corrected chi connectivity index (χ4v) is 5.57. The van der Waals surface area contributed by atoms with Crippen molar-refractivity contribution < 1.29 is 22.7 Å². The van der Waals surface area contributed by atoms with E-state index in [1.807, 2.05) is 18.3 Å². The van der Waals surface area contributed by atoms with Crippen LogP contribution in [-0.2, 0) is 21.3 Å². The van der Waals surface area contributed by atoms with Crippen LogP contribution in [0.3, 0.4) is 0 Å². The summed E-state index contributed by atoms with van der Waals surface area (Å²) in [5, 5.41) is 0. The minimum Gasteiger partial charge on any atom is -0.495 e. The highest BCUT2D eigenvalue weighted by atomic mass is 32.2. The summed E-state index contributed by atoms with van der Waals surface area (Å²) in [5.74, 6) is 0.0569. The molecule has 0 N–H and O–H groups in total. The van der Waals surface area contributed by atoms with Gasteiger partial charge in [-0.25, -0.2) is 8.42 Å². The number of rotatable bonds is 6. The van der Waals surface area contributed by atoms with Gasteiger partial charge in [0.15, 0.2) is 0 Å². The van der Waals surface area contributed by atoms with Gasteiger partial charge in [0.05, 0.1) is 20.3 Å². The smallest absolute Gasteiger partial charge is 0.253 e. The Kier molecular flexibility index (Phi) is 7.04. The van der Waals surface area contributed by atoms with Crippen LogP contribution < -0.4 is 4.74 Å². The van der Waals surface area contributed by atoms with Crippen LogP contribution in [0.1, 0.15) is 15.9 Å². The van der Waals surface area contributed by atoms with Crippen LogP contribution in [0.4, 0.5) is 0 Å². The molecule has 2 aliphatic rings. The fourth-order valence-electron chi connectivity index (χ4n) is 3.98. The third kappa shape index (κ3) is 4.93. The van der Waals surface area contributed by atoms with E-state index >= 15 is 0 Å². The Labute approximate surface area is 188 Å². The molecule has 0 spiro atoms. The van der Waals surface area contributed by atoms with Gasteiger partial charge in [-0.2, -0.15) is 4.31 Å². The molecule has 0 aliphatic carbocycles. The van der Waals surface area contributed by atoms with Crippen LogP contribution in [0.5, 0.6) is 5.75 Å². The van der Waals surface area contributed by atoms with E-state index in [2.05, 4.69) is 9.88 Å². The first-order chi connectivity index (χ1) is 15.5. The van der Waals surface area contributed by atoms with Crippen molar-refractivity contribution in [2.24, 2.45) is 0 Å². The maximum absolute atomic E-state index is 13.2. The highest BCUT2D eigenvalue weighted by Crippen LogP contribution is 2.29. The quantitative estimate of drug-likeness (QED) is 0.637. The van der Waals surface area contributed by atoms with Crippen molar-refractivity contribution in [2.45, 2.75) is 11.4 Å². The van der Waals surface area contributed by atoms with Crippen molar-refractivity contribution in [1.82, 2.24) is 19.1 Å². The van der Waals surface area contributed by atoms with Crippen molar-refractivity contribution >= 4 is 15.9 Å². The van der Waals surface area contributed by atoms with Gasteiger partial charge in [-0.3, -0.25) is 14.7 Å². The third-order valence-electron chi connectivity index (χ3n) is 5.79. The molecule has 2 saturated heterocycles. The highest BCUT2D eigenvalue weighted by molar-refractivity contribution is 7.89. The second-order valence-corrected chi connectivity index (χ2v) is 9.72. The summed E-state index contributed by atoms with van der Waals surface area (Å²) in [7, 11) is -2.36. The summed E-state index contributed by atoms with van der Waals surface area (Å²) < 4.78 is 38.3. The number of piperazine rings is 1.